The van der Waals surface area contributed by atoms with Gasteiger partial charge in [0.1, 0.15) is 11.4 Å². The van der Waals surface area contributed by atoms with Crippen LogP contribution in [0.5, 0.6) is 5.75 Å². The Balaban J connectivity index is 1.22. The number of para-hydroxylation sites is 1. The van der Waals surface area contributed by atoms with E-state index in [0.29, 0.717) is 11.6 Å². The lowest BCUT2D eigenvalue weighted by Crippen LogP contribution is -2.41. The normalized spacial score (nSPS) is 14.2. The lowest BCUT2D eigenvalue weighted by molar-refractivity contribution is 0.168. The van der Waals surface area contributed by atoms with E-state index in [1.54, 1.807) is 13.3 Å². The van der Waals surface area contributed by atoms with Gasteiger partial charge in [-0.25, -0.2) is 4.79 Å². The second-order valence-corrected chi connectivity index (χ2v) is 8.73. The van der Waals surface area contributed by atoms with Gasteiger partial charge >= 0.3 is 6.03 Å². The molecule has 0 bridgehead atoms. The predicted molar refractivity (Wildman–Crippen MR) is 133 cm³/mol. The number of benzene rings is 3. The molecule has 1 saturated heterocycles. The van der Waals surface area contributed by atoms with Crippen molar-refractivity contribution >= 4 is 6.03 Å². The van der Waals surface area contributed by atoms with Crippen LogP contribution in [0.2, 0.25) is 0 Å². The van der Waals surface area contributed by atoms with Gasteiger partial charge in [-0.2, -0.15) is 4.68 Å². The van der Waals surface area contributed by atoms with E-state index >= 15 is 0 Å². The lowest BCUT2D eigenvalue weighted by Gasteiger charge is -2.31. The monoisotopic (exact) mass is 452 g/mol. The molecule has 0 spiro atoms. The van der Waals surface area contributed by atoms with Gasteiger partial charge < -0.3 is 9.64 Å². The van der Waals surface area contributed by atoms with Crippen LogP contribution in [-0.4, -0.2) is 46.1 Å². The zero-order valence-corrected chi connectivity index (χ0v) is 19.3. The number of methoxy groups -OCH3 is 1. The van der Waals surface area contributed by atoms with Gasteiger partial charge in [0, 0.05) is 24.2 Å². The average molecular weight is 453 g/mol. The number of aromatic nitrogens is 3. The smallest absolute Gasteiger partial charge is 0.346 e. The maximum atomic E-state index is 13.0. The first-order valence-corrected chi connectivity index (χ1v) is 11.7. The van der Waals surface area contributed by atoms with Crippen molar-refractivity contribution in [3.05, 3.63) is 90.6 Å². The van der Waals surface area contributed by atoms with Crippen LogP contribution in [0.3, 0.4) is 0 Å². The lowest BCUT2D eigenvalue weighted by atomic mass is 9.90. The fourth-order valence-electron chi connectivity index (χ4n) is 4.61. The molecule has 172 valence electrons. The van der Waals surface area contributed by atoms with Crippen LogP contribution in [0, 0.1) is 5.92 Å². The minimum atomic E-state index is -0.109. The summed E-state index contributed by atoms with van der Waals surface area (Å²) in [6.45, 7) is 1.50. The van der Waals surface area contributed by atoms with E-state index < -0.39 is 0 Å². The molecule has 1 aliphatic heterocycles. The quantitative estimate of drug-likeness (QED) is 0.399. The van der Waals surface area contributed by atoms with Gasteiger partial charge in [-0.3, -0.25) is 0 Å². The summed E-state index contributed by atoms with van der Waals surface area (Å²) in [6.07, 6.45) is 4.80. The van der Waals surface area contributed by atoms with Crippen molar-refractivity contribution in [2.75, 3.05) is 20.2 Å². The average Bonchev–Trinajstić information content (AvgIpc) is 3.40. The van der Waals surface area contributed by atoms with Crippen LogP contribution in [0.15, 0.2) is 85.1 Å². The van der Waals surface area contributed by atoms with Crippen LogP contribution in [0.4, 0.5) is 4.79 Å². The highest BCUT2D eigenvalue weighted by atomic mass is 16.5. The van der Waals surface area contributed by atoms with E-state index in [9.17, 15) is 4.79 Å². The van der Waals surface area contributed by atoms with Crippen molar-refractivity contribution in [3.8, 4) is 28.1 Å². The van der Waals surface area contributed by atoms with Crippen LogP contribution in [0.25, 0.3) is 22.4 Å². The predicted octanol–water partition coefficient (Wildman–Crippen LogP) is 5.54. The molecular weight excluding hydrogens is 424 g/mol. The highest BCUT2D eigenvalue weighted by Crippen LogP contribution is 2.31. The van der Waals surface area contributed by atoms with Crippen molar-refractivity contribution in [2.24, 2.45) is 5.92 Å². The summed E-state index contributed by atoms with van der Waals surface area (Å²) in [5.74, 6) is 1.44. The van der Waals surface area contributed by atoms with Gasteiger partial charge in [-0.15, -0.1) is 5.10 Å². The number of nitrogens with zero attached hydrogens (tertiary/aromatic N) is 4. The molecule has 4 aromatic rings. The molecule has 6 nitrogen and oxygen atoms in total. The molecule has 1 aliphatic rings. The van der Waals surface area contributed by atoms with Gasteiger partial charge in [0.2, 0.25) is 0 Å². The van der Waals surface area contributed by atoms with Crippen LogP contribution in [0.1, 0.15) is 18.4 Å². The molecular formula is C28H28N4O2. The number of ether oxygens (including phenoxy) is 1. The van der Waals surface area contributed by atoms with Crippen molar-refractivity contribution in [2.45, 2.75) is 19.3 Å². The number of rotatable bonds is 5. The Morgan fingerprint density at radius 3 is 2.32 bits per heavy atom. The SMILES string of the molecule is COc1ccccc1-c1ccc(-c2cn(C(=O)N3CCC(Cc4ccccc4)CC3)nn2)cc1. The Hall–Kier alpha value is -3.93. The minimum Gasteiger partial charge on any atom is -0.496 e. The molecule has 5 rings (SSSR count). The summed E-state index contributed by atoms with van der Waals surface area (Å²) in [5.41, 5.74) is 5.05. The maximum absolute atomic E-state index is 13.0. The van der Waals surface area contributed by atoms with Crippen LogP contribution in [-0.2, 0) is 6.42 Å². The Bertz CT molecular complexity index is 1240. The van der Waals surface area contributed by atoms with E-state index in [4.69, 9.17) is 4.74 Å². The number of likely N-dealkylation sites (tertiary alicyclic amines) is 1. The van der Waals surface area contributed by atoms with E-state index in [1.807, 2.05) is 59.5 Å². The number of hydrogen-bond donors (Lipinski definition) is 0. The standard InChI is InChI=1S/C28H28N4O2/c1-34-27-10-6-5-9-25(27)23-11-13-24(14-12-23)26-20-32(30-29-26)28(33)31-17-15-22(16-18-31)19-21-7-3-2-4-8-21/h2-14,20,22H,15-19H2,1H3. The van der Waals surface area contributed by atoms with Crippen molar-refractivity contribution in [1.29, 1.82) is 0 Å². The zero-order valence-electron chi connectivity index (χ0n) is 19.3. The highest BCUT2D eigenvalue weighted by molar-refractivity contribution is 5.77. The number of carbonyl (C=O) groups excluding carboxylic acids is 1. The molecule has 0 radical (unpaired) electrons. The minimum absolute atomic E-state index is 0.109. The molecule has 0 atom stereocenters. The second kappa shape index (κ2) is 9.91. The molecule has 1 aromatic heterocycles. The van der Waals surface area contributed by atoms with E-state index in [2.05, 4.69) is 34.6 Å². The van der Waals surface area contributed by atoms with Crippen LogP contribution < -0.4 is 4.74 Å². The van der Waals surface area contributed by atoms with E-state index in [1.165, 1.54) is 10.2 Å². The van der Waals surface area contributed by atoms with Gasteiger partial charge in [0.25, 0.3) is 0 Å². The summed E-state index contributed by atoms with van der Waals surface area (Å²) in [4.78, 5) is 14.9. The van der Waals surface area contributed by atoms with Crippen molar-refractivity contribution < 1.29 is 9.53 Å². The molecule has 1 fully saturated rings. The highest BCUT2D eigenvalue weighted by Gasteiger charge is 2.25. The molecule has 1 amide bonds. The van der Waals surface area contributed by atoms with Crippen LogP contribution >= 0.6 is 0 Å². The second-order valence-electron chi connectivity index (χ2n) is 8.73. The molecule has 0 N–H and O–H groups in total. The fraction of sp³-hybridized carbons (Fsp3) is 0.250. The summed E-state index contributed by atoms with van der Waals surface area (Å²) in [7, 11) is 1.67. The van der Waals surface area contributed by atoms with E-state index in [0.717, 1.165) is 54.8 Å². The molecule has 0 saturated carbocycles. The molecule has 0 aliphatic carbocycles. The maximum Gasteiger partial charge on any atom is 0.346 e. The number of amides is 1. The van der Waals surface area contributed by atoms with Gasteiger partial charge in [-0.1, -0.05) is 78.0 Å². The summed E-state index contributed by atoms with van der Waals surface area (Å²) in [5, 5.41) is 8.37. The summed E-state index contributed by atoms with van der Waals surface area (Å²) >= 11 is 0. The van der Waals surface area contributed by atoms with E-state index in [-0.39, 0.29) is 6.03 Å². The first-order chi connectivity index (χ1) is 16.7. The Morgan fingerprint density at radius 1 is 0.912 bits per heavy atom. The molecule has 3 aromatic carbocycles. The number of hydrogen-bond acceptors (Lipinski definition) is 4. The topological polar surface area (TPSA) is 60.2 Å². The Kier molecular flexibility index (Phi) is 6.38. The largest absolute Gasteiger partial charge is 0.496 e. The Labute approximate surface area is 199 Å². The Morgan fingerprint density at radius 2 is 1.59 bits per heavy atom. The number of carbonyl (C=O) groups is 1. The third kappa shape index (κ3) is 4.71. The molecule has 0 unspecified atom stereocenters. The van der Waals surface area contributed by atoms with Gasteiger partial charge in [0.15, 0.2) is 0 Å². The summed E-state index contributed by atoms with van der Waals surface area (Å²) in [6, 6.07) is 26.5. The molecule has 6 heteroatoms. The fourth-order valence-corrected chi connectivity index (χ4v) is 4.61. The van der Waals surface area contributed by atoms with Gasteiger partial charge in [-0.05, 0) is 42.4 Å². The first kappa shape index (κ1) is 21.9. The molecule has 34 heavy (non-hydrogen) atoms. The van der Waals surface area contributed by atoms with Crippen molar-refractivity contribution in [1.82, 2.24) is 19.9 Å². The first-order valence-electron chi connectivity index (χ1n) is 11.7. The zero-order chi connectivity index (χ0) is 23.3. The summed E-state index contributed by atoms with van der Waals surface area (Å²) < 4.78 is 6.83. The molecule has 2 heterocycles. The third-order valence-electron chi connectivity index (χ3n) is 6.54. The van der Waals surface area contributed by atoms with Gasteiger partial charge in [0.05, 0.1) is 13.3 Å². The third-order valence-corrected chi connectivity index (χ3v) is 6.54. The number of piperidine rings is 1. The van der Waals surface area contributed by atoms with Crippen molar-refractivity contribution in [3.63, 3.8) is 0 Å².